The summed E-state index contributed by atoms with van der Waals surface area (Å²) in [4.78, 5) is 0. The molecule has 20 heavy (non-hydrogen) atoms. The summed E-state index contributed by atoms with van der Waals surface area (Å²) >= 11 is 0. The van der Waals surface area contributed by atoms with E-state index in [0.29, 0.717) is 11.5 Å². The van der Waals surface area contributed by atoms with E-state index in [4.69, 9.17) is 13.6 Å². The topological polar surface area (TPSA) is 44.8 Å². The number of para-hydroxylation sites is 2. The lowest BCUT2D eigenvalue weighted by atomic mass is 10.3. The van der Waals surface area contributed by atoms with Crippen LogP contribution in [0.4, 0.5) is 0 Å². The first-order valence-corrected chi connectivity index (χ1v) is 7.81. The molecule has 5 heteroatoms. The first kappa shape index (κ1) is 14.6. The van der Waals surface area contributed by atoms with Crippen molar-refractivity contribution in [2.24, 2.45) is 0 Å². The molecule has 0 N–H and O–H groups in total. The fourth-order valence-corrected chi connectivity index (χ4v) is 2.94. The minimum atomic E-state index is -3.72. The fourth-order valence-electron chi connectivity index (χ4n) is 1.54. The van der Waals surface area contributed by atoms with Crippen molar-refractivity contribution in [3.63, 3.8) is 0 Å². The van der Waals surface area contributed by atoms with Gasteiger partial charge < -0.3 is 9.05 Å². The van der Waals surface area contributed by atoms with Crippen LogP contribution in [-0.2, 0) is 9.09 Å². The number of benzene rings is 2. The quantitative estimate of drug-likeness (QED) is 0.725. The van der Waals surface area contributed by atoms with Crippen molar-refractivity contribution in [3.8, 4) is 11.5 Å². The summed E-state index contributed by atoms with van der Waals surface area (Å²) in [7, 11) is -3.72. The molecule has 0 fully saturated rings. The van der Waals surface area contributed by atoms with Crippen molar-refractivity contribution in [2.75, 3.05) is 0 Å². The van der Waals surface area contributed by atoms with E-state index in [1.54, 1.807) is 62.4 Å². The minimum absolute atomic E-state index is 0.284. The molecule has 0 bridgehead atoms. The highest BCUT2D eigenvalue weighted by Crippen LogP contribution is 2.50. The van der Waals surface area contributed by atoms with E-state index in [2.05, 4.69) is 0 Å². The van der Waals surface area contributed by atoms with Gasteiger partial charge in [0.1, 0.15) is 11.5 Å². The molecule has 0 amide bonds. The normalized spacial score (nSPS) is 11.3. The molecule has 0 aliphatic carbocycles. The van der Waals surface area contributed by atoms with Gasteiger partial charge in [-0.05, 0) is 38.1 Å². The SMILES string of the molecule is CC(C)OP(=O)(Oc1ccccc1)Oc1ccccc1. The van der Waals surface area contributed by atoms with Gasteiger partial charge in [-0.25, -0.2) is 4.57 Å². The number of phosphoric ester groups is 1. The maximum atomic E-state index is 12.7. The lowest BCUT2D eigenvalue weighted by molar-refractivity contribution is 0.167. The molecule has 2 aromatic carbocycles. The van der Waals surface area contributed by atoms with Gasteiger partial charge >= 0.3 is 7.82 Å². The molecule has 0 aliphatic heterocycles. The molecule has 0 aliphatic rings. The Balaban J connectivity index is 2.19. The number of phosphoric acid groups is 1. The Morgan fingerprint density at radius 3 is 1.55 bits per heavy atom. The van der Waals surface area contributed by atoms with Crippen molar-refractivity contribution >= 4 is 7.82 Å². The Morgan fingerprint density at radius 2 is 1.20 bits per heavy atom. The van der Waals surface area contributed by atoms with E-state index in [-0.39, 0.29) is 6.10 Å². The van der Waals surface area contributed by atoms with Crippen LogP contribution in [0.25, 0.3) is 0 Å². The van der Waals surface area contributed by atoms with Crippen molar-refractivity contribution < 1.29 is 18.1 Å². The van der Waals surface area contributed by atoms with Gasteiger partial charge in [-0.2, -0.15) is 0 Å². The Morgan fingerprint density at radius 1 is 0.800 bits per heavy atom. The maximum Gasteiger partial charge on any atom is 0.587 e. The Hall–Kier alpha value is -1.77. The summed E-state index contributed by atoms with van der Waals surface area (Å²) in [6.07, 6.45) is -0.284. The minimum Gasteiger partial charge on any atom is -0.395 e. The highest BCUT2D eigenvalue weighted by molar-refractivity contribution is 7.49. The van der Waals surface area contributed by atoms with Gasteiger partial charge in [-0.1, -0.05) is 36.4 Å². The standard InChI is InChI=1S/C15H17O4P/c1-13(2)17-20(16,18-14-9-5-3-6-10-14)19-15-11-7-4-8-12-15/h3-13H,1-2H3. The van der Waals surface area contributed by atoms with E-state index < -0.39 is 7.82 Å². The van der Waals surface area contributed by atoms with Crippen LogP contribution in [0.1, 0.15) is 13.8 Å². The van der Waals surface area contributed by atoms with E-state index in [0.717, 1.165) is 0 Å². The molecule has 0 saturated carbocycles. The van der Waals surface area contributed by atoms with Crippen LogP contribution in [0, 0.1) is 0 Å². The molecule has 0 aromatic heterocycles. The van der Waals surface area contributed by atoms with Crippen molar-refractivity contribution in [1.82, 2.24) is 0 Å². The van der Waals surface area contributed by atoms with Crippen molar-refractivity contribution in [2.45, 2.75) is 20.0 Å². The van der Waals surface area contributed by atoms with Crippen LogP contribution < -0.4 is 9.05 Å². The van der Waals surface area contributed by atoms with E-state index in [9.17, 15) is 4.57 Å². The van der Waals surface area contributed by atoms with E-state index in [1.165, 1.54) is 0 Å². The van der Waals surface area contributed by atoms with Crippen LogP contribution in [0.15, 0.2) is 60.7 Å². The Labute approximate surface area is 118 Å². The maximum absolute atomic E-state index is 12.7. The molecule has 0 heterocycles. The second kappa shape index (κ2) is 6.60. The Kier molecular flexibility index (Phi) is 4.83. The summed E-state index contributed by atoms with van der Waals surface area (Å²) in [5, 5.41) is 0. The third kappa shape index (κ3) is 4.41. The molecule has 0 radical (unpaired) electrons. The smallest absolute Gasteiger partial charge is 0.395 e. The average Bonchev–Trinajstić information content (AvgIpc) is 2.39. The summed E-state index contributed by atoms with van der Waals surface area (Å²) < 4.78 is 28.9. The summed E-state index contributed by atoms with van der Waals surface area (Å²) in [6.45, 7) is 3.55. The van der Waals surface area contributed by atoms with Gasteiger partial charge in [0, 0.05) is 0 Å². The summed E-state index contributed by atoms with van der Waals surface area (Å²) in [5.74, 6) is 0.875. The van der Waals surface area contributed by atoms with Gasteiger partial charge in [0.2, 0.25) is 0 Å². The second-order valence-electron chi connectivity index (χ2n) is 4.41. The van der Waals surface area contributed by atoms with Crippen LogP contribution in [-0.4, -0.2) is 6.10 Å². The van der Waals surface area contributed by atoms with Crippen LogP contribution >= 0.6 is 7.82 Å². The first-order chi connectivity index (χ1) is 9.57. The van der Waals surface area contributed by atoms with Crippen molar-refractivity contribution in [3.05, 3.63) is 60.7 Å². The molecular weight excluding hydrogens is 275 g/mol. The molecule has 106 valence electrons. The third-order valence-corrected chi connectivity index (χ3v) is 3.81. The lowest BCUT2D eigenvalue weighted by Gasteiger charge is -2.20. The number of rotatable bonds is 6. The predicted molar refractivity (Wildman–Crippen MR) is 78.0 cm³/mol. The molecular formula is C15H17O4P. The van der Waals surface area contributed by atoms with E-state index in [1.807, 2.05) is 12.1 Å². The largest absolute Gasteiger partial charge is 0.587 e. The molecule has 0 atom stereocenters. The predicted octanol–water partition coefficient (Wildman–Crippen LogP) is 4.68. The average molecular weight is 292 g/mol. The van der Waals surface area contributed by atoms with Gasteiger partial charge in [-0.15, -0.1) is 0 Å². The van der Waals surface area contributed by atoms with E-state index >= 15 is 0 Å². The van der Waals surface area contributed by atoms with Gasteiger partial charge in [0.25, 0.3) is 0 Å². The second-order valence-corrected chi connectivity index (χ2v) is 5.88. The molecule has 4 nitrogen and oxygen atoms in total. The first-order valence-electron chi connectivity index (χ1n) is 6.35. The highest BCUT2D eigenvalue weighted by atomic mass is 31.2. The zero-order chi connectivity index (χ0) is 14.4. The zero-order valence-electron chi connectivity index (χ0n) is 11.4. The summed E-state index contributed by atoms with van der Waals surface area (Å²) in [6, 6.07) is 17.6. The number of hydrogen-bond donors (Lipinski definition) is 0. The summed E-state index contributed by atoms with van der Waals surface area (Å²) in [5.41, 5.74) is 0. The molecule has 2 aromatic rings. The van der Waals surface area contributed by atoms with Crippen LogP contribution in [0.5, 0.6) is 11.5 Å². The van der Waals surface area contributed by atoms with Gasteiger partial charge in [0.15, 0.2) is 0 Å². The van der Waals surface area contributed by atoms with Gasteiger partial charge in [-0.3, -0.25) is 4.52 Å². The van der Waals surface area contributed by atoms with Crippen LogP contribution in [0.3, 0.4) is 0 Å². The monoisotopic (exact) mass is 292 g/mol. The molecule has 2 rings (SSSR count). The highest BCUT2D eigenvalue weighted by Gasteiger charge is 2.32. The van der Waals surface area contributed by atoms with Crippen molar-refractivity contribution in [1.29, 1.82) is 0 Å². The fraction of sp³-hybridized carbons (Fsp3) is 0.200. The lowest BCUT2D eigenvalue weighted by Crippen LogP contribution is -2.09. The molecule has 0 unspecified atom stereocenters. The number of hydrogen-bond acceptors (Lipinski definition) is 4. The molecule has 0 saturated heterocycles. The Bertz CT molecular complexity index is 523. The van der Waals surface area contributed by atoms with Gasteiger partial charge in [0.05, 0.1) is 6.10 Å². The molecule has 0 spiro atoms. The van der Waals surface area contributed by atoms with Crippen LogP contribution in [0.2, 0.25) is 0 Å². The third-order valence-electron chi connectivity index (χ3n) is 2.26. The zero-order valence-corrected chi connectivity index (χ0v) is 12.3.